The summed E-state index contributed by atoms with van der Waals surface area (Å²) in [7, 11) is 5.67. The van der Waals surface area contributed by atoms with Gasteiger partial charge >= 0.3 is 12.4 Å². The number of halogens is 6. The third-order valence-electron chi connectivity index (χ3n) is 3.11. The van der Waals surface area contributed by atoms with Gasteiger partial charge in [-0.25, -0.2) is 0 Å². The van der Waals surface area contributed by atoms with Crippen molar-refractivity contribution in [1.82, 2.24) is 0 Å². The van der Waals surface area contributed by atoms with E-state index in [0.717, 1.165) is 0 Å². The molecule has 0 N–H and O–H groups in total. The van der Waals surface area contributed by atoms with Crippen LogP contribution in [0.3, 0.4) is 0 Å². The Morgan fingerprint density at radius 3 is 1.38 bits per heavy atom. The molecule has 0 nitrogen and oxygen atoms in total. The predicted molar refractivity (Wildman–Crippen MR) is 69.3 cm³/mol. The summed E-state index contributed by atoms with van der Waals surface area (Å²) in [4.78, 5) is 0. The van der Waals surface area contributed by atoms with Crippen LogP contribution in [0.2, 0.25) is 0 Å². The van der Waals surface area contributed by atoms with Crippen molar-refractivity contribution in [2.45, 2.75) is 51.3 Å². The van der Waals surface area contributed by atoms with Crippen LogP contribution in [0.1, 0.15) is 55.9 Å². The molecule has 1 aromatic carbocycles. The van der Waals surface area contributed by atoms with Gasteiger partial charge in [-0.3, -0.25) is 0 Å². The molecule has 0 unspecified atom stereocenters. The summed E-state index contributed by atoms with van der Waals surface area (Å²) < 4.78 is 78.8. The zero-order chi connectivity index (χ0) is 16.8. The molecule has 0 bridgehead atoms. The summed E-state index contributed by atoms with van der Waals surface area (Å²) in [6, 6.07) is 1.43. The second kappa shape index (κ2) is 5.25. The Morgan fingerprint density at radius 2 is 1.19 bits per heavy atom. The monoisotopic (exact) mass is 308 g/mol. The second-order valence-electron chi connectivity index (χ2n) is 5.86. The zero-order valence-electron chi connectivity index (χ0n) is 12.1. The van der Waals surface area contributed by atoms with E-state index in [1.165, 1.54) is 27.7 Å². The average molecular weight is 308 g/mol. The Labute approximate surface area is 120 Å². The molecule has 1 rings (SSSR count). The molecule has 21 heavy (non-hydrogen) atoms. The molecule has 0 aliphatic rings. The summed E-state index contributed by atoms with van der Waals surface area (Å²) in [6.07, 6.45) is -9.75. The standard InChI is InChI=1S/C14H15BF6/c1-7(2)11-9(13(16,17)18)5-8(12(3,4)15)6-10(11)14(19,20)21/h5-7H,1-4H3. The zero-order valence-corrected chi connectivity index (χ0v) is 12.1. The van der Waals surface area contributed by atoms with E-state index >= 15 is 0 Å². The predicted octanol–water partition coefficient (Wildman–Crippen LogP) is 5.25. The van der Waals surface area contributed by atoms with E-state index < -0.39 is 40.3 Å². The molecule has 2 radical (unpaired) electrons. The van der Waals surface area contributed by atoms with E-state index in [9.17, 15) is 26.3 Å². The van der Waals surface area contributed by atoms with Gasteiger partial charge in [0.25, 0.3) is 0 Å². The quantitative estimate of drug-likeness (QED) is 0.517. The van der Waals surface area contributed by atoms with Crippen molar-refractivity contribution in [3.63, 3.8) is 0 Å². The molecule has 0 amide bonds. The number of hydrogen-bond acceptors (Lipinski definition) is 0. The molecule has 0 aromatic heterocycles. The smallest absolute Gasteiger partial charge is 0.166 e. The van der Waals surface area contributed by atoms with E-state index in [4.69, 9.17) is 7.85 Å². The highest BCUT2D eigenvalue weighted by Gasteiger charge is 2.42. The fraction of sp³-hybridized carbons (Fsp3) is 0.571. The van der Waals surface area contributed by atoms with Crippen LogP contribution in [-0.2, 0) is 17.7 Å². The van der Waals surface area contributed by atoms with E-state index in [0.29, 0.717) is 12.1 Å². The third-order valence-corrected chi connectivity index (χ3v) is 3.11. The SMILES string of the molecule is [B]C(C)(C)c1cc(C(F)(F)F)c(C(C)C)c(C(F)(F)F)c1. The fourth-order valence-corrected chi connectivity index (χ4v) is 2.12. The van der Waals surface area contributed by atoms with E-state index in [-0.39, 0.29) is 5.56 Å². The molecular weight excluding hydrogens is 293 g/mol. The van der Waals surface area contributed by atoms with Crippen molar-refractivity contribution >= 4 is 7.85 Å². The topological polar surface area (TPSA) is 0 Å². The Morgan fingerprint density at radius 1 is 0.857 bits per heavy atom. The average Bonchev–Trinajstić information content (AvgIpc) is 2.23. The number of hydrogen-bond donors (Lipinski definition) is 0. The maximum Gasteiger partial charge on any atom is 0.416 e. The van der Waals surface area contributed by atoms with Crippen molar-refractivity contribution in [3.8, 4) is 0 Å². The van der Waals surface area contributed by atoms with Gasteiger partial charge in [-0.15, -0.1) is 0 Å². The first-order valence-corrected chi connectivity index (χ1v) is 6.27. The summed E-state index contributed by atoms with van der Waals surface area (Å²) in [5.74, 6) is -0.923. The molecule has 0 fully saturated rings. The van der Waals surface area contributed by atoms with Crippen LogP contribution >= 0.6 is 0 Å². The van der Waals surface area contributed by atoms with Crippen molar-refractivity contribution in [3.05, 3.63) is 34.4 Å². The van der Waals surface area contributed by atoms with E-state index in [1.54, 1.807) is 0 Å². The van der Waals surface area contributed by atoms with E-state index in [1.807, 2.05) is 0 Å². The van der Waals surface area contributed by atoms with Crippen LogP contribution in [0.15, 0.2) is 12.1 Å². The van der Waals surface area contributed by atoms with Crippen molar-refractivity contribution in [2.24, 2.45) is 0 Å². The molecule has 116 valence electrons. The minimum Gasteiger partial charge on any atom is -0.166 e. The number of alkyl halides is 6. The lowest BCUT2D eigenvalue weighted by atomic mass is 9.66. The highest BCUT2D eigenvalue weighted by molar-refractivity contribution is 6.15. The number of rotatable bonds is 2. The Balaban J connectivity index is 3.85. The molecule has 0 atom stereocenters. The van der Waals surface area contributed by atoms with Gasteiger partial charge in [0, 0.05) is 0 Å². The molecule has 0 spiro atoms. The van der Waals surface area contributed by atoms with Crippen LogP contribution in [-0.4, -0.2) is 7.85 Å². The summed E-state index contributed by atoms with van der Waals surface area (Å²) in [5, 5.41) is -1.31. The summed E-state index contributed by atoms with van der Waals surface area (Å²) in [5.41, 5.74) is -3.50. The van der Waals surface area contributed by atoms with Crippen LogP contribution < -0.4 is 0 Å². The van der Waals surface area contributed by atoms with Crippen molar-refractivity contribution < 1.29 is 26.3 Å². The molecule has 0 saturated heterocycles. The molecule has 0 heterocycles. The van der Waals surface area contributed by atoms with Gasteiger partial charge in [-0.2, -0.15) is 26.3 Å². The lowest BCUT2D eigenvalue weighted by Crippen LogP contribution is -2.23. The summed E-state index contributed by atoms with van der Waals surface area (Å²) in [6.45, 7) is 5.32. The Kier molecular flexibility index (Phi) is 4.48. The maximum atomic E-state index is 13.1. The highest BCUT2D eigenvalue weighted by Crippen LogP contribution is 2.44. The van der Waals surface area contributed by atoms with Crippen LogP contribution in [0.4, 0.5) is 26.3 Å². The lowest BCUT2D eigenvalue weighted by Gasteiger charge is -2.27. The lowest BCUT2D eigenvalue weighted by molar-refractivity contribution is -0.144. The molecule has 1 aromatic rings. The molecule has 0 aliphatic carbocycles. The van der Waals surface area contributed by atoms with Crippen LogP contribution in [0, 0.1) is 0 Å². The van der Waals surface area contributed by atoms with Crippen LogP contribution in [0.5, 0.6) is 0 Å². The van der Waals surface area contributed by atoms with Gasteiger partial charge in [-0.05, 0) is 34.5 Å². The van der Waals surface area contributed by atoms with Crippen molar-refractivity contribution in [1.29, 1.82) is 0 Å². The Hall–Kier alpha value is -1.14. The normalized spacial score (nSPS) is 13.9. The van der Waals surface area contributed by atoms with Gasteiger partial charge < -0.3 is 0 Å². The maximum absolute atomic E-state index is 13.1. The van der Waals surface area contributed by atoms with E-state index in [2.05, 4.69) is 0 Å². The Bertz CT molecular complexity index is 485. The number of benzene rings is 1. The fourth-order valence-electron chi connectivity index (χ4n) is 2.12. The van der Waals surface area contributed by atoms with Gasteiger partial charge in [0.05, 0.1) is 19.0 Å². The van der Waals surface area contributed by atoms with Gasteiger partial charge in [0.1, 0.15) is 0 Å². The minimum absolute atomic E-state index is 0.202. The molecular formula is C14H15BF6. The first-order chi connectivity index (χ1) is 9.15. The van der Waals surface area contributed by atoms with Crippen LogP contribution in [0.25, 0.3) is 0 Å². The molecule has 0 aliphatic heterocycles. The first-order valence-electron chi connectivity index (χ1n) is 6.27. The second-order valence-corrected chi connectivity index (χ2v) is 5.86. The molecule has 0 saturated carbocycles. The highest BCUT2D eigenvalue weighted by atomic mass is 19.4. The van der Waals surface area contributed by atoms with Crippen molar-refractivity contribution in [2.75, 3.05) is 0 Å². The molecule has 7 heteroatoms. The van der Waals surface area contributed by atoms with Gasteiger partial charge in [0.15, 0.2) is 0 Å². The third kappa shape index (κ3) is 3.95. The van der Waals surface area contributed by atoms with Gasteiger partial charge in [-0.1, -0.05) is 27.7 Å². The summed E-state index contributed by atoms with van der Waals surface area (Å²) >= 11 is 0. The minimum atomic E-state index is -4.87. The largest absolute Gasteiger partial charge is 0.416 e. The van der Waals surface area contributed by atoms with Gasteiger partial charge in [0.2, 0.25) is 0 Å². The first kappa shape index (κ1) is 17.9.